The molecule has 0 atom stereocenters. The first-order valence-electron chi connectivity index (χ1n) is 8.23. The second-order valence-corrected chi connectivity index (χ2v) is 7.06. The van der Waals surface area contributed by atoms with E-state index in [-0.39, 0.29) is 5.41 Å². The smallest absolute Gasteiger partial charge is 0.111 e. The molecule has 3 aromatic rings. The summed E-state index contributed by atoms with van der Waals surface area (Å²) < 4.78 is 0. The van der Waals surface area contributed by atoms with Crippen LogP contribution >= 0.6 is 11.6 Å². The number of nitrogens with zero attached hydrogens (tertiary/aromatic N) is 2. The van der Waals surface area contributed by atoms with Crippen molar-refractivity contribution in [2.24, 2.45) is 4.99 Å². The number of hydrogen-bond acceptors (Lipinski definition) is 2. The molecule has 1 fully saturated rings. The zero-order valence-electron chi connectivity index (χ0n) is 13.4. The maximum absolute atomic E-state index is 6.67. The minimum absolute atomic E-state index is 0.0661. The van der Waals surface area contributed by atoms with Crippen LogP contribution in [-0.4, -0.2) is 22.9 Å². The van der Waals surface area contributed by atoms with E-state index in [9.17, 15) is 0 Å². The van der Waals surface area contributed by atoms with Crippen LogP contribution in [0.5, 0.6) is 0 Å². The molecule has 5 rings (SSSR count). The van der Waals surface area contributed by atoms with Crippen LogP contribution in [0.4, 0.5) is 5.69 Å². The Morgan fingerprint density at radius 2 is 2.12 bits per heavy atom. The van der Waals surface area contributed by atoms with E-state index in [0.29, 0.717) is 0 Å². The zero-order chi connectivity index (χ0) is 16.3. The van der Waals surface area contributed by atoms with Crippen LogP contribution in [0.15, 0.2) is 41.7 Å². The molecule has 1 aliphatic carbocycles. The van der Waals surface area contributed by atoms with Gasteiger partial charge in [-0.2, -0.15) is 0 Å². The van der Waals surface area contributed by atoms with Gasteiger partial charge in [0.15, 0.2) is 0 Å². The van der Waals surface area contributed by atoms with Gasteiger partial charge in [0.05, 0.1) is 22.2 Å². The molecule has 2 aromatic heterocycles. The molecule has 0 amide bonds. The molecule has 0 radical (unpaired) electrons. The highest BCUT2D eigenvalue weighted by molar-refractivity contribution is 6.34. The first kappa shape index (κ1) is 14.1. The number of nitrogens with one attached hydrogen (secondary N) is 2. The van der Waals surface area contributed by atoms with E-state index in [4.69, 9.17) is 11.6 Å². The third kappa shape index (κ3) is 1.75. The molecule has 120 valence electrons. The summed E-state index contributed by atoms with van der Waals surface area (Å²) in [6.45, 7) is 0. The minimum Gasteiger partial charge on any atom is -0.353 e. The Balaban J connectivity index is 1.68. The summed E-state index contributed by atoms with van der Waals surface area (Å²) in [4.78, 5) is 12.1. The number of aromatic amines is 1. The molecule has 1 aromatic carbocycles. The first-order chi connectivity index (χ1) is 11.7. The highest BCUT2D eigenvalue weighted by atomic mass is 35.5. The predicted molar refractivity (Wildman–Crippen MR) is 99.1 cm³/mol. The van der Waals surface area contributed by atoms with Gasteiger partial charge in [-0.1, -0.05) is 18.0 Å². The van der Waals surface area contributed by atoms with Crippen LogP contribution in [0.1, 0.15) is 24.8 Å². The Morgan fingerprint density at radius 3 is 2.83 bits per heavy atom. The Bertz CT molecular complexity index is 965. The largest absolute Gasteiger partial charge is 0.353 e. The lowest BCUT2D eigenvalue weighted by Gasteiger charge is -2.38. The van der Waals surface area contributed by atoms with Crippen molar-refractivity contribution in [2.75, 3.05) is 12.4 Å². The molecule has 0 saturated heterocycles. The van der Waals surface area contributed by atoms with Gasteiger partial charge in [-0.3, -0.25) is 9.98 Å². The number of anilines is 1. The molecule has 1 spiro atoms. The standard InChI is InChI=1S/C19H17ClN4/c1-21-18-19(4-2-5-19)13-9-14(20)12(8-16(13)24-18)15-7-11-3-6-22-10-17(11)23-15/h3,6-10,23H,2,4-5H2,1H3,(H,21,24). The summed E-state index contributed by atoms with van der Waals surface area (Å²) in [5, 5.41) is 5.42. The van der Waals surface area contributed by atoms with Crippen molar-refractivity contribution in [3.05, 3.63) is 47.2 Å². The third-order valence-electron chi connectivity index (χ3n) is 5.47. The lowest BCUT2D eigenvalue weighted by molar-refractivity contribution is 0.347. The van der Waals surface area contributed by atoms with Crippen molar-refractivity contribution in [2.45, 2.75) is 24.7 Å². The van der Waals surface area contributed by atoms with Crippen LogP contribution < -0.4 is 5.32 Å². The highest BCUT2D eigenvalue weighted by Gasteiger charge is 2.49. The Hall–Kier alpha value is -2.33. The molecule has 24 heavy (non-hydrogen) atoms. The Kier molecular flexibility index (Phi) is 2.83. The van der Waals surface area contributed by atoms with Crippen LogP contribution in [0.25, 0.3) is 22.2 Å². The number of benzene rings is 1. The van der Waals surface area contributed by atoms with E-state index in [1.54, 1.807) is 6.20 Å². The molecule has 2 aliphatic rings. The van der Waals surface area contributed by atoms with Crippen molar-refractivity contribution in [3.63, 3.8) is 0 Å². The second-order valence-electron chi connectivity index (χ2n) is 6.66. The van der Waals surface area contributed by atoms with Crippen LogP contribution in [0, 0.1) is 0 Å². The van der Waals surface area contributed by atoms with Crippen molar-refractivity contribution in [1.82, 2.24) is 9.97 Å². The van der Waals surface area contributed by atoms with Gasteiger partial charge < -0.3 is 10.3 Å². The number of halogens is 1. The van der Waals surface area contributed by atoms with E-state index < -0.39 is 0 Å². The molecule has 0 unspecified atom stereocenters. The maximum Gasteiger partial charge on any atom is 0.111 e. The van der Waals surface area contributed by atoms with Gasteiger partial charge in [-0.05, 0) is 42.7 Å². The Morgan fingerprint density at radius 1 is 1.25 bits per heavy atom. The number of fused-ring (bicyclic) bond motifs is 3. The minimum atomic E-state index is 0.0661. The third-order valence-corrected chi connectivity index (χ3v) is 5.79. The fourth-order valence-electron chi connectivity index (χ4n) is 4.08. The van der Waals surface area contributed by atoms with Crippen molar-refractivity contribution < 1.29 is 0 Å². The van der Waals surface area contributed by atoms with Crippen LogP contribution in [0.2, 0.25) is 5.02 Å². The summed E-state index contributed by atoms with van der Waals surface area (Å²) in [7, 11) is 1.86. The van der Waals surface area contributed by atoms with E-state index >= 15 is 0 Å². The number of H-pyrrole nitrogens is 1. The molecule has 1 aliphatic heterocycles. The first-order valence-corrected chi connectivity index (χ1v) is 8.60. The van der Waals surface area contributed by atoms with Crippen LogP contribution in [0.3, 0.4) is 0 Å². The van der Waals surface area contributed by atoms with Crippen molar-refractivity contribution >= 4 is 34.0 Å². The summed E-state index contributed by atoms with van der Waals surface area (Å²) in [5.74, 6) is 1.08. The molecule has 3 heterocycles. The monoisotopic (exact) mass is 336 g/mol. The average molecular weight is 337 g/mol. The van der Waals surface area contributed by atoms with Gasteiger partial charge in [0.25, 0.3) is 0 Å². The van der Waals surface area contributed by atoms with E-state index in [2.05, 4.69) is 38.5 Å². The highest BCUT2D eigenvalue weighted by Crippen LogP contribution is 2.53. The summed E-state index contributed by atoms with van der Waals surface area (Å²) in [5.41, 5.74) is 5.52. The van der Waals surface area contributed by atoms with Gasteiger partial charge in [-0.15, -0.1) is 0 Å². The van der Waals surface area contributed by atoms with Crippen molar-refractivity contribution in [1.29, 1.82) is 0 Å². The predicted octanol–water partition coefficient (Wildman–Crippen LogP) is 4.76. The van der Waals surface area contributed by atoms with E-state index in [1.807, 2.05) is 19.3 Å². The fourth-order valence-corrected chi connectivity index (χ4v) is 4.34. The van der Waals surface area contributed by atoms with Gasteiger partial charge in [0.2, 0.25) is 0 Å². The van der Waals surface area contributed by atoms with Gasteiger partial charge in [-0.25, -0.2) is 0 Å². The molecule has 2 N–H and O–H groups in total. The number of hydrogen-bond donors (Lipinski definition) is 2. The maximum atomic E-state index is 6.67. The number of aliphatic imine (C=N–C) groups is 1. The number of pyridine rings is 1. The van der Waals surface area contributed by atoms with Gasteiger partial charge >= 0.3 is 0 Å². The molecule has 1 saturated carbocycles. The normalized spacial score (nSPS) is 19.5. The topological polar surface area (TPSA) is 53.1 Å². The zero-order valence-corrected chi connectivity index (χ0v) is 14.1. The van der Waals surface area contributed by atoms with E-state index in [0.717, 1.165) is 51.5 Å². The molecule has 4 nitrogen and oxygen atoms in total. The second kappa shape index (κ2) is 4.84. The number of aromatic nitrogens is 2. The summed E-state index contributed by atoms with van der Waals surface area (Å²) >= 11 is 6.67. The average Bonchev–Trinajstić information content (AvgIpc) is 3.11. The van der Waals surface area contributed by atoms with Gasteiger partial charge in [0.1, 0.15) is 5.84 Å². The quantitative estimate of drug-likeness (QED) is 0.673. The van der Waals surface area contributed by atoms with Crippen molar-refractivity contribution in [3.8, 4) is 11.3 Å². The summed E-state index contributed by atoms with van der Waals surface area (Å²) in [6.07, 6.45) is 7.18. The molecular weight excluding hydrogens is 320 g/mol. The number of amidine groups is 1. The van der Waals surface area contributed by atoms with E-state index in [1.165, 1.54) is 12.0 Å². The SMILES string of the molecule is CN=C1Nc2cc(-c3cc4ccncc4[nH]3)c(Cl)cc2C12CCC2. The molecule has 5 heteroatoms. The van der Waals surface area contributed by atoms with Crippen LogP contribution in [-0.2, 0) is 5.41 Å². The molecule has 0 bridgehead atoms. The Labute approximate surface area is 145 Å². The lowest BCUT2D eigenvalue weighted by Crippen LogP contribution is -2.41. The molecular formula is C19H17ClN4. The summed E-state index contributed by atoms with van der Waals surface area (Å²) in [6, 6.07) is 8.39. The lowest BCUT2D eigenvalue weighted by atomic mass is 9.65. The fraction of sp³-hybridized carbons (Fsp3) is 0.263. The van der Waals surface area contributed by atoms with Gasteiger partial charge in [0, 0.05) is 35.6 Å². The number of rotatable bonds is 1.